The quantitative estimate of drug-likeness (QED) is 0.893. The molecule has 1 amide bonds. The largest absolute Gasteiger partial charge is 0.493 e. The molecule has 0 radical (unpaired) electrons. The van der Waals surface area contributed by atoms with Crippen molar-refractivity contribution in [2.24, 2.45) is 0 Å². The zero-order valence-electron chi connectivity index (χ0n) is 11.8. The highest BCUT2D eigenvalue weighted by atomic mass is 16.5. The van der Waals surface area contributed by atoms with Gasteiger partial charge in [0.25, 0.3) is 5.91 Å². The first-order chi connectivity index (χ1) is 9.52. The molecule has 1 aromatic rings. The average Bonchev–Trinajstić information content (AvgIpc) is 2.85. The number of aliphatic carboxylic acids is 1. The molecule has 0 aliphatic carbocycles. The summed E-state index contributed by atoms with van der Waals surface area (Å²) in [5.74, 6) is -0.190. The predicted octanol–water partition coefficient (Wildman–Crippen LogP) is 1.95. The van der Waals surface area contributed by atoms with Gasteiger partial charge < -0.3 is 14.7 Å². The molecule has 1 unspecified atom stereocenters. The summed E-state index contributed by atoms with van der Waals surface area (Å²) in [6.45, 7) is 4.75. The summed E-state index contributed by atoms with van der Waals surface area (Å²) in [6.07, 6.45) is 0.765. The maximum absolute atomic E-state index is 12.5. The molecule has 1 atom stereocenters. The molecule has 2 rings (SSSR count). The molecule has 1 N–H and O–H groups in total. The highest BCUT2D eigenvalue weighted by molar-refractivity contribution is 5.95. The number of hydrogen-bond acceptors (Lipinski definition) is 3. The van der Waals surface area contributed by atoms with Crippen LogP contribution in [0.25, 0.3) is 0 Å². The predicted molar refractivity (Wildman–Crippen MR) is 74.1 cm³/mol. The Morgan fingerprint density at radius 2 is 2.20 bits per heavy atom. The molecular weight excluding hydrogens is 258 g/mol. The third-order valence-corrected chi connectivity index (χ3v) is 3.54. The fraction of sp³-hybridized carbons (Fsp3) is 0.467. The molecule has 1 heterocycles. The third kappa shape index (κ3) is 2.92. The van der Waals surface area contributed by atoms with Crippen LogP contribution < -0.4 is 4.74 Å². The van der Waals surface area contributed by atoms with Crippen molar-refractivity contribution in [3.8, 4) is 5.75 Å². The number of carboxylic acids is 1. The Bertz CT molecular complexity index is 527. The Labute approximate surface area is 118 Å². The van der Waals surface area contributed by atoms with E-state index < -0.39 is 5.97 Å². The molecule has 108 valence electrons. The first-order valence-corrected chi connectivity index (χ1v) is 6.81. The third-order valence-electron chi connectivity index (χ3n) is 3.54. The second kappa shape index (κ2) is 5.94. The zero-order chi connectivity index (χ0) is 14.7. The number of fused-ring (bicyclic) bond motifs is 1. The molecule has 1 aliphatic rings. The van der Waals surface area contributed by atoms with E-state index in [-0.39, 0.29) is 18.4 Å². The highest BCUT2D eigenvalue weighted by Gasteiger charge is 2.23. The van der Waals surface area contributed by atoms with Crippen LogP contribution in [0, 0.1) is 0 Å². The molecule has 1 aromatic carbocycles. The first kappa shape index (κ1) is 14.4. The van der Waals surface area contributed by atoms with Gasteiger partial charge in [-0.25, -0.2) is 0 Å². The summed E-state index contributed by atoms with van der Waals surface area (Å²) >= 11 is 0. The van der Waals surface area contributed by atoms with Gasteiger partial charge in [0.2, 0.25) is 0 Å². The minimum absolute atomic E-state index is 0.0480. The molecule has 1 aliphatic heterocycles. The van der Waals surface area contributed by atoms with Crippen LogP contribution in [0.15, 0.2) is 18.2 Å². The Balaban J connectivity index is 2.18. The number of rotatable bonds is 5. The Morgan fingerprint density at radius 1 is 1.45 bits per heavy atom. The number of ether oxygens (including phenoxy) is 1. The first-order valence-electron chi connectivity index (χ1n) is 6.81. The highest BCUT2D eigenvalue weighted by Crippen LogP contribution is 2.26. The van der Waals surface area contributed by atoms with Crippen LogP contribution in [0.2, 0.25) is 0 Å². The fourth-order valence-electron chi connectivity index (χ4n) is 2.50. The average molecular weight is 277 g/mol. The second-order valence-electron chi connectivity index (χ2n) is 4.96. The van der Waals surface area contributed by atoms with Crippen molar-refractivity contribution in [3.05, 3.63) is 29.3 Å². The van der Waals surface area contributed by atoms with Gasteiger partial charge >= 0.3 is 5.97 Å². The van der Waals surface area contributed by atoms with Crippen LogP contribution in [-0.4, -0.2) is 41.1 Å². The van der Waals surface area contributed by atoms with Gasteiger partial charge in [0.15, 0.2) is 0 Å². The number of nitrogens with zero attached hydrogens (tertiary/aromatic N) is 1. The molecule has 0 bridgehead atoms. The van der Waals surface area contributed by atoms with E-state index in [0.29, 0.717) is 18.7 Å². The van der Waals surface area contributed by atoms with E-state index in [4.69, 9.17) is 9.84 Å². The van der Waals surface area contributed by atoms with Crippen LogP contribution in [-0.2, 0) is 11.2 Å². The lowest BCUT2D eigenvalue weighted by Gasteiger charge is -2.27. The van der Waals surface area contributed by atoms with Gasteiger partial charge in [0.1, 0.15) is 5.75 Å². The van der Waals surface area contributed by atoms with Gasteiger partial charge in [-0.1, -0.05) is 0 Å². The molecule has 0 aromatic heterocycles. The maximum Gasteiger partial charge on any atom is 0.305 e. The summed E-state index contributed by atoms with van der Waals surface area (Å²) in [7, 11) is 0. The molecule has 0 fully saturated rings. The monoisotopic (exact) mass is 277 g/mol. The molecule has 5 heteroatoms. The van der Waals surface area contributed by atoms with Gasteiger partial charge in [-0.3, -0.25) is 9.59 Å². The minimum Gasteiger partial charge on any atom is -0.493 e. The summed E-state index contributed by atoms with van der Waals surface area (Å²) in [5, 5.41) is 8.85. The van der Waals surface area contributed by atoms with Gasteiger partial charge in [0.05, 0.1) is 13.0 Å². The summed E-state index contributed by atoms with van der Waals surface area (Å²) < 4.78 is 5.42. The van der Waals surface area contributed by atoms with E-state index >= 15 is 0 Å². The lowest BCUT2D eigenvalue weighted by Crippen LogP contribution is -2.39. The van der Waals surface area contributed by atoms with Gasteiger partial charge in [-0.2, -0.15) is 0 Å². The number of amides is 1. The lowest BCUT2D eigenvalue weighted by molar-refractivity contribution is -0.138. The number of benzene rings is 1. The van der Waals surface area contributed by atoms with Crippen LogP contribution in [0.1, 0.15) is 36.2 Å². The van der Waals surface area contributed by atoms with Crippen molar-refractivity contribution in [2.75, 3.05) is 13.2 Å². The van der Waals surface area contributed by atoms with Crippen molar-refractivity contribution < 1.29 is 19.4 Å². The van der Waals surface area contributed by atoms with E-state index in [1.807, 2.05) is 19.1 Å². The van der Waals surface area contributed by atoms with Gasteiger partial charge in [-0.15, -0.1) is 0 Å². The van der Waals surface area contributed by atoms with E-state index in [1.165, 1.54) is 0 Å². The van der Waals surface area contributed by atoms with E-state index in [2.05, 4.69) is 0 Å². The minimum atomic E-state index is -0.897. The molecule has 5 nitrogen and oxygen atoms in total. The maximum atomic E-state index is 12.5. The van der Waals surface area contributed by atoms with E-state index in [1.54, 1.807) is 17.9 Å². The molecule has 0 saturated heterocycles. The van der Waals surface area contributed by atoms with Crippen molar-refractivity contribution in [2.45, 2.75) is 32.7 Å². The standard InChI is InChI=1S/C15H19NO4/c1-3-16(10(2)8-14(17)18)15(19)12-4-5-13-11(9-12)6-7-20-13/h4-5,9-10H,3,6-8H2,1-2H3,(H,17,18). The van der Waals surface area contributed by atoms with Crippen LogP contribution in [0.4, 0.5) is 0 Å². The normalized spacial score (nSPS) is 14.3. The van der Waals surface area contributed by atoms with Gasteiger partial charge in [-0.05, 0) is 37.6 Å². The van der Waals surface area contributed by atoms with Gasteiger partial charge in [0, 0.05) is 24.6 Å². The number of carboxylic acid groups (broad SMARTS) is 1. The molecular formula is C15H19NO4. The topological polar surface area (TPSA) is 66.8 Å². The van der Waals surface area contributed by atoms with E-state index in [9.17, 15) is 9.59 Å². The second-order valence-corrected chi connectivity index (χ2v) is 4.96. The number of hydrogen-bond donors (Lipinski definition) is 1. The lowest BCUT2D eigenvalue weighted by atomic mass is 10.1. The smallest absolute Gasteiger partial charge is 0.305 e. The number of carbonyl (C=O) groups is 2. The van der Waals surface area contributed by atoms with Crippen LogP contribution in [0.5, 0.6) is 5.75 Å². The van der Waals surface area contributed by atoms with Crippen molar-refractivity contribution in [1.82, 2.24) is 4.90 Å². The Hall–Kier alpha value is -2.04. The summed E-state index contributed by atoms with van der Waals surface area (Å²) in [5.41, 5.74) is 1.63. The summed E-state index contributed by atoms with van der Waals surface area (Å²) in [4.78, 5) is 24.9. The van der Waals surface area contributed by atoms with Crippen molar-refractivity contribution in [1.29, 1.82) is 0 Å². The summed E-state index contributed by atoms with van der Waals surface area (Å²) in [6, 6.07) is 5.07. The van der Waals surface area contributed by atoms with Crippen LogP contribution in [0.3, 0.4) is 0 Å². The Morgan fingerprint density at radius 3 is 2.85 bits per heavy atom. The zero-order valence-corrected chi connectivity index (χ0v) is 11.8. The number of carbonyl (C=O) groups excluding carboxylic acids is 1. The van der Waals surface area contributed by atoms with Crippen molar-refractivity contribution in [3.63, 3.8) is 0 Å². The van der Waals surface area contributed by atoms with E-state index in [0.717, 1.165) is 17.7 Å². The molecule has 0 spiro atoms. The SMILES string of the molecule is CCN(C(=O)c1ccc2c(c1)CCO2)C(C)CC(=O)O. The van der Waals surface area contributed by atoms with Crippen molar-refractivity contribution >= 4 is 11.9 Å². The Kier molecular flexibility index (Phi) is 4.27. The molecule has 20 heavy (non-hydrogen) atoms. The van der Waals surface area contributed by atoms with Crippen LogP contribution >= 0.6 is 0 Å². The molecule has 0 saturated carbocycles. The fourth-order valence-corrected chi connectivity index (χ4v) is 2.50.